The highest BCUT2D eigenvalue weighted by molar-refractivity contribution is 5.74. The van der Waals surface area contributed by atoms with Gasteiger partial charge >= 0.3 is 6.03 Å². The molecule has 24 heavy (non-hydrogen) atoms. The highest BCUT2D eigenvalue weighted by Gasteiger charge is 2.11. The van der Waals surface area contributed by atoms with Crippen LogP contribution in [0.1, 0.15) is 18.1 Å². The predicted molar refractivity (Wildman–Crippen MR) is 94.0 cm³/mol. The zero-order valence-corrected chi connectivity index (χ0v) is 13.9. The van der Waals surface area contributed by atoms with Crippen LogP contribution in [0, 0.1) is 0 Å². The van der Waals surface area contributed by atoms with Gasteiger partial charge in [-0.3, -0.25) is 0 Å². The van der Waals surface area contributed by atoms with Gasteiger partial charge in [0, 0.05) is 6.54 Å². The topological polar surface area (TPSA) is 70.6 Å². The van der Waals surface area contributed by atoms with Crippen LogP contribution in [0.5, 0.6) is 5.75 Å². The molecular formula is C19H24N2O3. The summed E-state index contributed by atoms with van der Waals surface area (Å²) < 4.78 is 5.44. The second-order valence-electron chi connectivity index (χ2n) is 5.48. The normalized spacial score (nSPS) is 11.6. The molecule has 0 saturated carbocycles. The highest BCUT2D eigenvalue weighted by atomic mass is 16.5. The van der Waals surface area contributed by atoms with Crippen molar-refractivity contribution in [3.63, 3.8) is 0 Å². The molecular weight excluding hydrogens is 304 g/mol. The molecule has 0 aliphatic heterocycles. The molecule has 5 heteroatoms. The number of aliphatic hydroxyl groups excluding tert-OH is 1. The van der Waals surface area contributed by atoms with Gasteiger partial charge in [0.15, 0.2) is 0 Å². The lowest BCUT2D eigenvalue weighted by Gasteiger charge is -2.17. The van der Waals surface area contributed by atoms with Crippen LogP contribution in [0.4, 0.5) is 4.79 Å². The summed E-state index contributed by atoms with van der Waals surface area (Å²) in [6.45, 7) is 2.83. The fraction of sp³-hybridized carbons (Fsp3) is 0.316. The summed E-state index contributed by atoms with van der Waals surface area (Å²) in [4.78, 5) is 12.0. The third kappa shape index (κ3) is 5.93. The number of hydrogen-bond acceptors (Lipinski definition) is 3. The molecule has 0 radical (unpaired) electrons. The number of nitrogens with one attached hydrogen (secondary N) is 2. The molecule has 0 fully saturated rings. The van der Waals surface area contributed by atoms with E-state index in [1.165, 1.54) is 0 Å². The number of urea groups is 1. The van der Waals surface area contributed by atoms with E-state index in [9.17, 15) is 9.90 Å². The van der Waals surface area contributed by atoms with Gasteiger partial charge in [0.25, 0.3) is 0 Å². The maximum absolute atomic E-state index is 12.0. The standard InChI is InChI=1S/C19H24N2O3/c1-2-24-18-10-6-9-16(12-18)13-20-19(23)21-17(14-22)11-15-7-4-3-5-8-15/h3-10,12,17,22H,2,11,13-14H2,1H3,(H2,20,21,23). The first kappa shape index (κ1) is 17.8. The maximum atomic E-state index is 12.0. The lowest BCUT2D eigenvalue weighted by atomic mass is 10.1. The van der Waals surface area contributed by atoms with Gasteiger partial charge < -0.3 is 20.5 Å². The minimum atomic E-state index is -0.317. The monoisotopic (exact) mass is 328 g/mol. The third-order valence-electron chi connectivity index (χ3n) is 3.54. The number of rotatable bonds is 8. The van der Waals surface area contributed by atoms with Crippen molar-refractivity contribution in [2.45, 2.75) is 25.9 Å². The minimum Gasteiger partial charge on any atom is -0.494 e. The van der Waals surface area contributed by atoms with Gasteiger partial charge in [-0.25, -0.2) is 4.79 Å². The molecule has 2 rings (SSSR count). The fourth-order valence-electron chi connectivity index (χ4n) is 2.39. The Balaban J connectivity index is 1.82. The Morgan fingerprint density at radius 1 is 1.12 bits per heavy atom. The van der Waals surface area contributed by atoms with E-state index >= 15 is 0 Å². The van der Waals surface area contributed by atoms with Gasteiger partial charge in [-0.2, -0.15) is 0 Å². The van der Waals surface area contributed by atoms with E-state index in [4.69, 9.17) is 4.74 Å². The zero-order valence-electron chi connectivity index (χ0n) is 13.9. The summed E-state index contributed by atoms with van der Waals surface area (Å²) in [6, 6.07) is 16.8. The second kappa shape index (κ2) is 9.57. The van der Waals surface area contributed by atoms with E-state index in [1.807, 2.05) is 61.5 Å². The molecule has 0 saturated heterocycles. The molecule has 2 aromatic rings. The Kier molecular flexibility index (Phi) is 7.11. The van der Waals surface area contributed by atoms with Crippen LogP contribution < -0.4 is 15.4 Å². The van der Waals surface area contributed by atoms with E-state index in [1.54, 1.807) is 0 Å². The summed E-state index contributed by atoms with van der Waals surface area (Å²) in [6.07, 6.45) is 0.588. The number of hydrogen-bond donors (Lipinski definition) is 3. The average molecular weight is 328 g/mol. The summed E-state index contributed by atoms with van der Waals surface area (Å²) in [5.41, 5.74) is 2.03. The van der Waals surface area contributed by atoms with E-state index in [0.717, 1.165) is 16.9 Å². The molecule has 2 aromatic carbocycles. The van der Waals surface area contributed by atoms with Crippen LogP contribution in [0.15, 0.2) is 54.6 Å². The van der Waals surface area contributed by atoms with Crippen LogP contribution in [0.25, 0.3) is 0 Å². The van der Waals surface area contributed by atoms with Crippen molar-refractivity contribution in [2.75, 3.05) is 13.2 Å². The van der Waals surface area contributed by atoms with Gasteiger partial charge in [-0.15, -0.1) is 0 Å². The molecule has 5 nitrogen and oxygen atoms in total. The molecule has 2 amide bonds. The minimum absolute atomic E-state index is 0.109. The number of carbonyl (C=O) groups is 1. The Bertz CT molecular complexity index is 632. The predicted octanol–water partition coefficient (Wildman–Crippen LogP) is 2.49. The van der Waals surface area contributed by atoms with E-state index in [2.05, 4.69) is 10.6 Å². The molecule has 1 unspecified atom stereocenters. The van der Waals surface area contributed by atoms with Gasteiger partial charge in [0.2, 0.25) is 0 Å². The molecule has 0 aliphatic rings. The van der Waals surface area contributed by atoms with E-state index in [0.29, 0.717) is 19.6 Å². The number of carbonyl (C=O) groups excluding carboxylic acids is 1. The van der Waals surface area contributed by atoms with Crippen molar-refractivity contribution in [3.05, 3.63) is 65.7 Å². The van der Waals surface area contributed by atoms with Crippen LogP contribution >= 0.6 is 0 Å². The van der Waals surface area contributed by atoms with Crippen molar-refractivity contribution in [2.24, 2.45) is 0 Å². The number of amides is 2. The molecule has 0 aromatic heterocycles. The van der Waals surface area contributed by atoms with Gasteiger partial charge in [-0.1, -0.05) is 42.5 Å². The maximum Gasteiger partial charge on any atom is 0.315 e. The zero-order chi connectivity index (χ0) is 17.2. The van der Waals surface area contributed by atoms with Crippen molar-refractivity contribution in [3.8, 4) is 5.75 Å². The second-order valence-corrected chi connectivity index (χ2v) is 5.48. The molecule has 3 N–H and O–H groups in total. The largest absolute Gasteiger partial charge is 0.494 e. The SMILES string of the molecule is CCOc1cccc(CNC(=O)NC(CO)Cc2ccccc2)c1. The van der Waals surface area contributed by atoms with Crippen LogP contribution in [0.2, 0.25) is 0 Å². The third-order valence-corrected chi connectivity index (χ3v) is 3.54. The first-order valence-corrected chi connectivity index (χ1v) is 8.12. The molecule has 128 valence electrons. The van der Waals surface area contributed by atoms with E-state index in [-0.39, 0.29) is 18.7 Å². The van der Waals surface area contributed by atoms with Crippen molar-refractivity contribution < 1.29 is 14.6 Å². The Morgan fingerprint density at radius 3 is 2.58 bits per heavy atom. The molecule has 0 heterocycles. The molecule has 0 aliphatic carbocycles. The lowest BCUT2D eigenvalue weighted by molar-refractivity contribution is 0.215. The molecule has 1 atom stereocenters. The summed E-state index contributed by atoms with van der Waals surface area (Å²) in [7, 11) is 0. The van der Waals surface area contributed by atoms with Crippen molar-refractivity contribution in [1.29, 1.82) is 0 Å². The molecule has 0 bridgehead atoms. The van der Waals surface area contributed by atoms with Crippen molar-refractivity contribution >= 4 is 6.03 Å². The molecule has 0 spiro atoms. The Hall–Kier alpha value is -2.53. The summed E-state index contributed by atoms with van der Waals surface area (Å²) >= 11 is 0. The Morgan fingerprint density at radius 2 is 1.88 bits per heavy atom. The number of ether oxygens (including phenoxy) is 1. The summed E-state index contributed by atoms with van der Waals surface area (Å²) in [5.74, 6) is 0.787. The van der Waals surface area contributed by atoms with Crippen molar-refractivity contribution in [1.82, 2.24) is 10.6 Å². The number of benzene rings is 2. The average Bonchev–Trinajstić information content (AvgIpc) is 2.61. The highest BCUT2D eigenvalue weighted by Crippen LogP contribution is 2.13. The summed E-state index contributed by atoms with van der Waals surface area (Å²) in [5, 5.41) is 15.1. The van der Waals surface area contributed by atoms with Gasteiger partial charge in [-0.05, 0) is 36.6 Å². The lowest BCUT2D eigenvalue weighted by Crippen LogP contribution is -2.44. The quantitative estimate of drug-likeness (QED) is 0.697. The van der Waals surface area contributed by atoms with Gasteiger partial charge in [0.1, 0.15) is 5.75 Å². The van der Waals surface area contributed by atoms with Gasteiger partial charge in [0.05, 0.1) is 19.3 Å². The first-order chi connectivity index (χ1) is 11.7. The van der Waals surface area contributed by atoms with Crippen LogP contribution in [-0.2, 0) is 13.0 Å². The van der Waals surface area contributed by atoms with E-state index < -0.39 is 0 Å². The number of aliphatic hydroxyl groups is 1. The fourth-order valence-corrected chi connectivity index (χ4v) is 2.39. The van der Waals surface area contributed by atoms with Crippen LogP contribution in [-0.4, -0.2) is 30.4 Å². The van der Waals surface area contributed by atoms with Crippen LogP contribution in [0.3, 0.4) is 0 Å². The Labute approximate surface area is 142 Å². The smallest absolute Gasteiger partial charge is 0.315 e. The first-order valence-electron chi connectivity index (χ1n) is 8.12.